The van der Waals surface area contributed by atoms with Crippen molar-refractivity contribution in [2.24, 2.45) is 17.4 Å². The van der Waals surface area contributed by atoms with Gasteiger partial charge in [0.1, 0.15) is 29.9 Å². The highest BCUT2D eigenvalue weighted by Crippen LogP contribution is 2.11. The van der Waals surface area contributed by atoms with Crippen LogP contribution in [0.15, 0.2) is 24.3 Å². The van der Waals surface area contributed by atoms with Gasteiger partial charge in [-0.05, 0) is 43.4 Å². The highest BCUT2D eigenvalue weighted by Gasteiger charge is 2.34. The third kappa shape index (κ3) is 12.1. The maximum absolute atomic E-state index is 12.9. The molecule has 0 saturated carbocycles. The summed E-state index contributed by atoms with van der Waals surface area (Å²) >= 11 is 0. The fraction of sp³-hybridized carbons (Fsp3) is 0.538. The Labute approximate surface area is 242 Å². The van der Waals surface area contributed by atoms with Crippen LogP contribution in [0.1, 0.15) is 39.2 Å². The average Bonchev–Trinajstić information content (AvgIpc) is 2.89. The van der Waals surface area contributed by atoms with Gasteiger partial charge in [-0.3, -0.25) is 24.0 Å². The maximum Gasteiger partial charge on any atom is 0.326 e. The van der Waals surface area contributed by atoms with E-state index in [2.05, 4.69) is 21.3 Å². The molecular weight excluding hydrogens is 556 g/mol. The van der Waals surface area contributed by atoms with Gasteiger partial charge in [0.2, 0.25) is 29.5 Å². The van der Waals surface area contributed by atoms with E-state index in [1.165, 1.54) is 24.3 Å². The molecule has 0 radical (unpaired) electrons. The van der Waals surface area contributed by atoms with Gasteiger partial charge in [-0.1, -0.05) is 26.0 Å². The molecule has 0 heterocycles. The first-order valence-corrected chi connectivity index (χ1v) is 13.1. The zero-order valence-corrected chi connectivity index (χ0v) is 23.6. The van der Waals surface area contributed by atoms with Gasteiger partial charge in [-0.2, -0.15) is 0 Å². The number of carboxylic acids is 1. The lowest BCUT2D eigenvalue weighted by Gasteiger charge is -2.26. The summed E-state index contributed by atoms with van der Waals surface area (Å²) < 4.78 is 0. The molecule has 1 aromatic rings. The topological polar surface area (TPSA) is 284 Å². The molecule has 234 valence electrons. The van der Waals surface area contributed by atoms with Crippen LogP contribution in [0.4, 0.5) is 0 Å². The Hall–Kier alpha value is -4.28. The first kappa shape index (κ1) is 35.7. The molecule has 0 unspecified atom stereocenters. The number of aromatic hydroxyl groups is 1. The fourth-order valence-electron chi connectivity index (χ4n) is 3.75. The van der Waals surface area contributed by atoms with E-state index < -0.39 is 84.8 Å². The number of aliphatic carboxylic acids is 1. The number of primary amides is 1. The Bertz CT molecular complexity index is 1110. The van der Waals surface area contributed by atoms with Crippen molar-refractivity contribution in [1.82, 2.24) is 21.3 Å². The second-order valence-electron chi connectivity index (χ2n) is 10.2. The van der Waals surface area contributed by atoms with Crippen molar-refractivity contribution >= 4 is 35.5 Å². The lowest BCUT2D eigenvalue weighted by Crippen LogP contribution is -2.61. The molecule has 1 rings (SSSR count). The van der Waals surface area contributed by atoms with E-state index in [0.29, 0.717) is 5.56 Å². The highest BCUT2D eigenvalue weighted by molar-refractivity contribution is 5.97. The number of carboxylic acid groups (broad SMARTS) is 1. The van der Waals surface area contributed by atoms with Crippen molar-refractivity contribution in [3.63, 3.8) is 0 Å². The van der Waals surface area contributed by atoms with Gasteiger partial charge in [0.15, 0.2) is 0 Å². The number of aliphatic hydroxyl groups excluding tert-OH is 2. The van der Waals surface area contributed by atoms with Crippen molar-refractivity contribution in [3.8, 4) is 5.75 Å². The van der Waals surface area contributed by atoms with Crippen molar-refractivity contribution < 1.29 is 49.2 Å². The number of carbonyl (C=O) groups is 6. The zero-order valence-electron chi connectivity index (χ0n) is 23.6. The minimum absolute atomic E-state index is 0.00780. The van der Waals surface area contributed by atoms with Crippen molar-refractivity contribution in [1.29, 1.82) is 0 Å². The average molecular weight is 597 g/mol. The molecule has 0 spiro atoms. The molecule has 12 N–H and O–H groups in total. The molecule has 1 aromatic carbocycles. The van der Waals surface area contributed by atoms with Gasteiger partial charge < -0.3 is 53.2 Å². The van der Waals surface area contributed by atoms with Gasteiger partial charge in [0, 0.05) is 0 Å². The Morgan fingerprint density at radius 3 is 1.81 bits per heavy atom. The fourth-order valence-corrected chi connectivity index (χ4v) is 3.75. The second-order valence-corrected chi connectivity index (χ2v) is 10.2. The summed E-state index contributed by atoms with van der Waals surface area (Å²) in [4.78, 5) is 74.1. The first-order valence-electron chi connectivity index (χ1n) is 13.1. The van der Waals surface area contributed by atoms with Crippen LogP contribution in [-0.2, 0) is 35.2 Å². The summed E-state index contributed by atoms with van der Waals surface area (Å²) in [6.45, 7) is 3.65. The predicted molar refractivity (Wildman–Crippen MR) is 147 cm³/mol. The Kier molecular flexibility index (Phi) is 14.3. The molecule has 0 aliphatic carbocycles. The minimum Gasteiger partial charge on any atom is -0.508 e. The number of hydrogen-bond acceptors (Lipinski definition) is 10. The molecule has 6 atom stereocenters. The third-order valence-corrected chi connectivity index (χ3v) is 5.97. The highest BCUT2D eigenvalue weighted by atomic mass is 16.4. The minimum atomic E-state index is -1.71. The van der Waals surface area contributed by atoms with Crippen LogP contribution in [0.25, 0.3) is 0 Å². The summed E-state index contributed by atoms with van der Waals surface area (Å²) in [7, 11) is 0. The van der Waals surface area contributed by atoms with Crippen LogP contribution >= 0.6 is 0 Å². The van der Waals surface area contributed by atoms with E-state index in [4.69, 9.17) is 11.5 Å². The monoisotopic (exact) mass is 596 g/mol. The zero-order chi connectivity index (χ0) is 32.1. The van der Waals surface area contributed by atoms with Crippen LogP contribution in [0.3, 0.4) is 0 Å². The number of carbonyl (C=O) groups excluding carboxylic acids is 5. The normalized spacial score (nSPS) is 15.3. The third-order valence-electron chi connectivity index (χ3n) is 5.97. The smallest absolute Gasteiger partial charge is 0.326 e. The molecule has 0 saturated heterocycles. The van der Waals surface area contributed by atoms with Crippen molar-refractivity contribution in [2.75, 3.05) is 6.61 Å². The van der Waals surface area contributed by atoms with Crippen LogP contribution in [0, 0.1) is 5.92 Å². The molecule has 0 bridgehead atoms. The lowest BCUT2D eigenvalue weighted by atomic mass is 10.0. The summed E-state index contributed by atoms with van der Waals surface area (Å²) in [5.41, 5.74) is 11.7. The molecule has 0 aromatic heterocycles. The largest absolute Gasteiger partial charge is 0.508 e. The number of nitrogens with one attached hydrogen (secondary N) is 4. The summed E-state index contributed by atoms with van der Waals surface area (Å²) in [5, 5.41) is 47.4. The van der Waals surface area contributed by atoms with E-state index in [-0.39, 0.29) is 24.5 Å². The summed E-state index contributed by atoms with van der Waals surface area (Å²) in [6.07, 6.45) is -2.10. The van der Waals surface area contributed by atoms with Crippen molar-refractivity contribution in [2.45, 2.75) is 76.3 Å². The molecule has 16 heteroatoms. The number of aliphatic hydroxyl groups is 2. The Morgan fingerprint density at radius 2 is 1.33 bits per heavy atom. The van der Waals surface area contributed by atoms with Crippen LogP contribution in [0.2, 0.25) is 0 Å². The lowest BCUT2D eigenvalue weighted by molar-refractivity contribution is -0.143. The number of phenolic OH excluding ortho intramolecular Hbond substituents is 1. The quantitative estimate of drug-likeness (QED) is 0.0845. The van der Waals surface area contributed by atoms with Gasteiger partial charge in [0.25, 0.3) is 0 Å². The Morgan fingerprint density at radius 1 is 0.810 bits per heavy atom. The molecule has 5 amide bonds. The summed E-state index contributed by atoms with van der Waals surface area (Å²) in [6, 6.07) is -1.58. The number of nitrogens with two attached hydrogens (primary N) is 2. The molecule has 0 fully saturated rings. The van der Waals surface area contributed by atoms with E-state index in [1.807, 2.05) is 0 Å². The van der Waals surface area contributed by atoms with Crippen LogP contribution < -0.4 is 32.7 Å². The number of benzene rings is 1. The molecular formula is C26H40N6O10. The number of phenols is 1. The van der Waals surface area contributed by atoms with E-state index >= 15 is 0 Å². The summed E-state index contributed by atoms with van der Waals surface area (Å²) in [5.74, 6) is -6.47. The molecule has 0 aliphatic heterocycles. The predicted octanol–water partition coefficient (Wildman–Crippen LogP) is -3.42. The second kappa shape index (κ2) is 16.9. The standard InChI is InChI=1S/C26H40N6O10/c1-12(2)8-18(26(41)42)30-25(40)21(13(3)34)32-24(39)19(11-33)31-23(38)17(10-20(28)36)29-22(37)16(27)9-14-4-6-15(35)7-5-14/h4-7,12-13,16-19,21,33-35H,8-11,27H2,1-3H3,(H2,28,36)(H,29,37)(H,30,40)(H,31,38)(H,32,39)(H,41,42)/t13-,16+,17+,18+,19+,21+/m1/s1. The van der Waals surface area contributed by atoms with Crippen molar-refractivity contribution in [3.05, 3.63) is 29.8 Å². The first-order chi connectivity index (χ1) is 19.5. The molecule has 0 aliphatic rings. The van der Waals surface area contributed by atoms with E-state index in [1.54, 1.807) is 13.8 Å². The van der Waals surface area contributed by atoms with Gasteiger partial charge >= 0.3 is 5.97 Å². The number of amides is 5. The SMILES string of the molecule is CC(C)C[C@H](NC(=O)[C@@H](NC(=O)[C@H](CO)NC(=O)[C@H](CC(N)=O)NC(=O)[C@@H](N)Cc1ccc(O)cc1)[C@@H](C)O)C(=O)O. The van der Waals surface area contributed by atoms with Gasteiger partial charge in [-0.25, -0.2) is 4.79 Å². The van der Waals surface area contributed by atoms with Gasteiger partial charge in [-0.15, -0.1) is 0 Å². The van der Waals surface area contributed by atoms with Crippen LogP contribution in [0.5, 0.6) is 5.75 Å². The number of hydrogen-bond donors (Lipinski definition) is 10. The number of rotatable bonds is 17. The Balaban J connectivity index is 2.95. The van der Waals surface area contributed by atoms with Crippen LogP contribution in [-0.4, -0.2) is 98.9 Å². The van der Waals surface area contributed by atoms with E-state index in [9.17, 15) is 49.2 Å². The molecule has 42 heavy (non-hydrogen) atoms. The maximum atomic E-state index is 12.9. The molecule has 16 nitrogen and oxygen atoms in total. The van der Waals surface area contributed by atoms with Gasteiger partial charge in [0.05, 0.1) is 25.2 Å². The van der Waals surface area contributed by atoms with E-state index in [0.717, 1.165) is 6.92 Å².